The average Bonchev–Trinajstić information content (AvgIpc) is 3.81. The maximum absolute atomic E-state index is 13.1. The molecule has 0 radical (unpaired) electrons. The maximum Gasteiger partial charge on any atom is 0.354 e. The van der Waals surface area contributed by atoms with Gasteiger partial charge in [0.15, 0.2) is 5.69 Å². The van der Waals surface area contributed by atoms with E-state index >= 15 is 0 Å². The SMILES string of the molecule is CCn1c2ccccc2c2ccc(N3c4ccc(C=C=Cc5c(C(=O)O)[nH]n(-c6ccccc6)c5=O)cc4C4CCCC43)cc21. The first-order valence-corrected chi connectivity index (χ1v) is 15.5. The molecule has 6 aromatic rings. The van der Waals surface area contributed by atoms with Crippen molar-refractivity contribution in [3.63, 3.8) is 0 Å². The Morgan fingerprint density at radius 2 is 1.71 bits per heavy atom. The lowest BCUT2D eigenvalue weighted by molar-refractivity contribution is 0.0689. The van der Waals surface area contributed by atoms with E-state index in [1.807, 2.05) is 12.1 Å². The van der Waals surface area contributed by atoms with Crippen molar-refractivity contribution in [3.05, 3.63) is 129 Å². The Hall–Kier alpha value is -5.52. The van der Waals surface area contributed by atoms with Gasteiger partial charge in [-0.15, -0.1) is 5.73 Å². The second-order valence-electron chi connectivity index (χ2n) is 11.9. The van der Waals surface area contributed by atoms with E-state index in [0.29, 0.717) is 17.6 Å². The summed E-state index contributed by atoms with van der Waals surface area (Å²) in [5.74, 6) is -0.747. The van der Waals surface area contributed by atoms with E-state index in [2.05, 4.69) is 87.9 Å². The Labute approximate surface area is 259 Å². The normalized spacial score (nSPS) is 17.0. The van der Waals surface area contributed by atoms with Gasteiger partial charge < -0.3 is 14.6 Å². The fraction of sp³-hybridized carbons (Fsp3) is 0.184. The number of H-pyrrole nitrogens is 1. The lowest BCUT2D eigenvalue weighted by Gasteiger charge is -2.27. The molecule has 45 heavy (non-hydrogen) atoms. The molecule has 0 saturated heterocycles. The molecular weight excluding hydrogens is 560 g/mol. The first kappa shape index (κ1) is 27.1. The van der Waals surface area contributed by atoms with E-state index in [1.165, 1.54) is 55.9 Å². The van der Waals surface area contributed by atoms with Crippen LogP contribution in [0.25, 0.3) is 39.6 Å². The molecule has 2 atom stereocenters. The number of hydrogen-bond donors (Lipinski definition) is 2. The van der Waals surface area contributed by atoms with E-state index in [9.17, 15) is 14.7 Å². The molecule has 0 spiro atoms. The number of rotatable bonds is 6. The van der Waals surface area contributed by atoms with Crippen LogP contribution in [0.3, 0.4) is 0 Å². The van der Waals surface area contributed by atoms with Gasteiger partial charge in [-0.3, -0.25) is 9.89 Å². The van der Waals surface area contributed by atoms with Crippen molar-refractivity contribution < 1.29 is 9.90 Å². The lowest BCUT2D eigenvalue weighted by Crippen LogP contribution is -2.26. The zero-order valence-electron chi connectivity index (χ0n) is 24.9. The van der Waals surface area contributed by atoms with Crippen molar-refractivity contribution >= 4 is 51.3 Å². The van der Waals surface area contributed by atoms with Gasteiger partial charge in [-0.25, -0.2) is 9.48 Å². The summed E-state index contributed by atoms with van der Waals surface area (Å²) < 4.78 is 3.66. The minimum absolute atomic E-state index is 0.0608. The molecule has 2 aromatic heterocycles. The molecule has 2 aliphatic rings. The Balaban J connectivity index is 1.16. The van der Waals surface area contributed by atoms with Gasteiger partial charge in [-0.05, 0) is 85.5 Å². The fourth-order valence-corrected chi connectivity index (χ4v) is 7.56. The number of aromatic nitrogens is 3. The largest absolute Gasteiger partial charge is 0.477 e. The fourth-order valence-electron chi connectivity index (χ4n) is 7.56. The number of aromatic amines is 1. The van der Waals surface area contributed by atoms with Gasteiger partial charge in [0.2, 0.25) is 0 Å². The molecule has 0 bridgehead atoms. The summed E-state index contributed by atoms with van der Waals surface area (Å²) in [6.07, 6.45) is 6.78. The van der Waals surface area contributed by atoms with Crippen molar-refractivity contribution in [2.75, 3.05) is 4.90 Å². The van der Waals surface area contributed by atoms with Gasteiger partial charge in [0.25, 0.3) is 5.56 Å². The monoisotopic (exact) mass is 592 g/mol. The third kappa shape index (κ3) is 4.27. The summed E-state index contributed by atoms with van der Waals surface area (Å²) in [5.41, 5.74) is 10.4. The summed E-state index contributed by atoms with van der Waals surface area (Å²) >= 11 is 0. The zero-order valence-corrected chi connectivity index (χ0v) is 24.9. The lowest BCUT2D eigenvalue weighted by atomic mass is 9.96. The number of para-hydroxylation sites is 2. The van der Waals surface area contributed by atoms with Gasteiger partial charge in [-0.1, -0.05) is 55.0 Å². The van der Waals surface area contributed by atoms with Gasteiger partial charge in [-0.2, -0.15) is 0 Å². The Kier molecular flexibility index (Phi) is 6.36. The molecular formula is C38H32N4O3. The van der Waals surface area contributed by atoms with Crippen LogP contribution in [-0.2, 0) is 6.54 Å². The molecule has 1 saturated carbocycles. The van der Waals surface area contributed by atoms with Crippen LogP contribution < -0.4 is 10.5 Å². The number of carboxylic acid groups (broad SMARTS) is 1. The van der Waals surface area contributed by atoms with E-state index in [0.717, 1.165) is 24.9 Å². The predicted molar refractivity (Wildman–Crippen MR) is 180 cm³/mol. The number of fused-ring (bicyclic) bond motifs is 6. The predicted octanol–water partition coefficient (Wildman–Crippen LogP) is 8.10. The van der Waals surface area contributed by atoms with Crippen molar-refractivity contribution in [2.45, 2.75) is 44.7 Å². The van der Waals surface area contributed by atoms with Gasteiger partial charge in [0.1, 0.15) is 0 Å². The molecule has 222 valence electrons. The quantitative estimate of drug-likeness (QED) is 0.192. The molecule has 0 amide bonds. The summed E-state index contributed by atoms with van der Waals surface area (Å²) in [5, 5.41) is 15.1. The summed E-state index contributed by atoms with van der Waals surface area (Å²) in [6, 6.07) is 31.4. The number of carboxylic acids is 1. The van der Waals surface area contributed by atoms with Crippen molar-refractivity contribution in [1.82, 2.24) is 14.3 Å². The third-order valence-electron chi connectivity index (χ3n) is 9.51. The van der Waals surface area contributed by atoms with Gasteiger partial charge in [0.05, 0.1) is 16.8 Å². The standard InChI is InChI=1S/C38H32N4O3/c1-2-40-32-16-7-6-13-27(32)29-20-19-26(23-35(29)40)41-33-17-9-14-28(33)31-22-24(18-21-34(31)41)10-8-15-30-36(38(44)45)39-42(37(30)43)25-11-4-3-5-12-25/h3-7,10-13,15-16,18-23,28,33,39H,2,9,14,17H2,1H3,(H,44,45). The van der Waals surface area contributed by atoms with Crippen LogP contribution in [0.5, 0.6) is 0 Å². The average molecular weight is 593 g/mol. The molecule has 2 N–H and O–H groups in total. The van der Waals surface area contributed by atoms with Crippen LogP contribution in [0.1, 0.15) is 59.3 Å². The number of anilines is 2. The number of nitrogens with one attached hydrogen (secondary N) is 1. The third-order valence-corrected chi connectivity index (χ3v) is 9.51. The van der Waals surface area contributed by atoms with Crippen LogP contribution in [0.2, 0.25) is 0 Å². The van der Waals surface area contributed by atoms with Crippen molar-refractivity contribution in [1.29, 1.82) is 0 Å². The highest BCUT2D eigenvalue weighted by Crippen LogP contribution is 2.53. The zero-order chi connectivity index (χ0) is 30.7. The smallest absolute Gasteiger partial charge is 0.354 e. The Morgan fingerprint density at radius 1 is 0.911 bits per heavy atom. The molecule has 7 heteroatoms. The van der Waals surface area contributed by atoms with Crippen molar-refractivity contribution in [3.8, 4) is 5.69 Å². The molecule has 2 unspecified atom stereocenters. The second-order valence-corrected chi connectivity index (χ2v) is 11.9. The van der Waals surface area contributed by atoms with Crippen LogP contribution >= 0.6 is 0 Å². The Morgan fingerprint density at radius 3 is 2.53 bits per heavy atom. The van der Waals surface area contributed by atoms with E-state index in [-0.39, 0.29) is 11.3 Å². The van der Waals surface area contributed by atoms with Crippen LogP contribution in [0.4, 0.5) is 11.4 Å². The van der Waals surface area contributed by atoms with Crippen LogP contribution in [0.15, 0.2) is 102 Å². The number of benzene rings is 4. The summed E-state index contributed by atoms with van der Waals surface area (Å²) in [4.78, 5) is 27.6. The summed E-state index contributed by atoms with van der Waals surface area (Å²) in [6.45, 7) is 3.12. The minimum Gasteiger partial charge on any atom is -0.477 e. The van der Waals surface area contributed by atoms with E-state index in [4.69, 9.17) is 0 Å². The van der Waals surface area contributed by atoms with E-state index < -0.39 is 11.5 Å². The molecule has 8 rings (SSSR count). The number of hydrogen-bond acceptors (Lipinski definition) is 3. The Bertz CT molecular complexity index is 2250. The van der Waals surface area contributed by atoms with Crippen LogP contribution in [-0.4, -0.2) is 31.5 Å². The molecule has 4 aromatic carbocycles. The van der Waals surface area contributed by atoms with Crippen molar-refractivity contribution in [2.24, 2.45) is 0 Å². The highest BCUT2D eigenvalue weighted by molar-refractivity contribution is 6.09. The number of aromatic carboxylic acids is 1. The van der Waals surface area contributed by atoms with Crippen LogP contribution in [0, 0.1) is 0 Å². The summed E-state index contributed by atoms with van der Waals surface area (Å²) in [7, 11) is 0. The number of nitrogens with zero attached hydrogens (tertiary/aromatic N) is 3. The van der Waals surface area contributed by atoms with E-state index in [1.54, 1.807) is 24.3 Å². The molecule has 7 nitrogen and oxygen atoms in total. The molecule has 1 aliphatic heterocycles. The highest BCUT2D eigenvalue weighted by Gasteiger charge is 2.42. The molecule has 3 heterocycles. The second kappa shape index (κ2) is 10.6. The first-order valence-electron chi connectivity index (χ1n) is 15.5. The minimum atomic E-state index is -1.20. The highest BCUT2D eigenvalue weighted by atomic mass is 16.4. The number of aryl methyl sites for hydroxylation is 1. The van der Waals surface area contributed by atoms with Gasteiger partial charge in [0, 0.05) is 46.2 Å². The molecule has 1 fully saturated rings. The number of carbonyl (C=O) groups is 1. The van der Waals surface area contributed by atoms with Gasteiger partial charge >= 0.3 is 5.97 Å². The topological polar surface area (TPSA) is 83.3 Å². The molecule has 1 aliphatic carbocycles. The maximum atomic E-state index is 13.1. The first-order chi connectivity index (χ1) is 22.0.